The predicted molar refractivity (Wildman–Crippen MR) is 78.0 cm³/mol. The van der Waals surface area contributed by atoms with Crippen LogP contribution in [0.4, 0.5) is 0 Å². The van der Waals surface area contributed by atoms with Gasteiger partial charge in [0, 0.05) is 17.1 Å². The van der Waals surface area contributed by atoms with Crippen LogP contribution in [-0.4, -0.2) is 20.5 Å². The third-order valence-corrected chi connectivity index (χ3v) is 3.10. The van der Waals surface area contributed by atoms with E-state index in [0.29, 0.717) is 16.6 Å². The molecule has 0 saturated heterocycles. The maximum absolute atomic E-state index is 6.19. The van der Waals surface area contributed by atoms with E-state index < -0.39 is 0 Å². The number of benzene rings is 1. The molecule has 2 aromatic rings. The molecule has 0 atom stereocenters. The van der Waals surface area contributed by atoms with Gasteiger partial charge in [0.2, 0.25) is 0 Å². The van der Waals surface area contributed by atoms with Crippen molar-refractivity contribution in [2.24, 2.45) is 0 Å². The molecule has 1 heterocycles. The van der Waals surface area contributed by atoms with Crippen molar-refractivity contribution in [1.29, 1.82) is 0 Å². The van der Waals surface area contributed by atoms with Gasteiger partial charge in [-0.3, -0.25) is 0 Å². The lowest BCUT2D eigenvalue weighted by molar-refractivity contribution is 0.418. The summed E-state index contributed by atoms with van der Waals surface area (Å²) in [5.41, 5.74) is 1.74. The Morgan fingerprint density at radius 1 is 1.26 bits per heavy atom. The number of nitrogens with one attached hydrogen (secondary N) is 1. The summed E-state index contributed by atoms with van der Waals surface area (Å²) in [6, 6.07) is 5.31. The van der Waals surface area contributed by atoms with Crippen LogP contribution in [0.3, 0.4) is 0 Å². The lowest BCUT2D eigenvalue weighted by atomic mass is 10.1. The van der Waals surface area contributed by atoms with Crippen LogP contribution in [0.5, 0.6) is 0 Å². The molecule has 19 heavy (non-hydrogen) atoms. The maximum Gasteiger partial charge on any atom is 0.0854 e. The summed E-state index contributed by atoms with van der Waals surface area (Å²) in [6.07, 6.45) is 1.73. The van der Waals surface area contributed by atoms with E-state index in [1.54, 1.807) is 23.0 Å². The van der Waals surface area contributed by atoms with Crippen molar-refractivity contribution in [2.45, 2.75) is 32.9 Å². The van der Waals surface area contributed by atoms with Crippen LogP contribution in [0.15, 0.2) is 24.4 Å². The Morgan fingerprint density at radius 3 is 2.63 bits per heavy atom. The Labute approximate surface area is 122 Å². The molecule has 0 fully saturated rings. The minimum atomic E-state index is 0.0267. The van der Waals surface area contributed by atoms with Crippen molar-refractivity contribution in [3.8, 4) is 5.69 Å². The van der Waals surface area contributed by atoms with E-state index in [-0.39, 0.29) is 5.54 Å². The third-order valence-electron chi connectivity index (χ3n) is 2.56. The highest BCUT2D eigenvalue weighted by Gasteiger charge is 2.13. The van der Waals surface area contributed by atoms with Gasteiger partial charge in [-0.25, -0.2) is 4.68 Å². The summed E-state index contributed by atoms with van der Waals surface area (Å²) in [7, 11) is 0. The number of nitrogens with zero attached hydrogens (tertiary/aromatic N) is 3. The second-order valence-electron chi connectivity index (χ2n) is 5.34. The fourth-order valence-electron chi connectivity index (χ4n) is 1.59. The molecule has 1 aromatic carbocycles. The first-order chi connectivity index (χ1) is 8.87. The second kappa shape index (κ2) is 5.49. The molecule has 0 bridgehead atoms. The topological polar surface area (TPSA) is 42.7 Å². The molecule has 102 valence electrons. The first kappa shape index (κ1) is 14.3. The smallest absolute Gasteiger partial charge is 0.0854 e. The van der Waals surface area contributed by atoms with Gasteiger partial charge >= 0.3 is 0 Å². The highest BCUT2D eigenvalue weighted by molar-refractivity contribution is 6.35. The van der Waals surface area contributed by atoms with Crippen LogP contribution in [0, 0.1) is 0 Å². The molecule has 0 aliphatic carbocycles. The van der Waals surface area contributed by atoms with Gasteiger partial charge in [-0.15, -0.1) is 5.10 Å². The standard InChI is InChI=1S/C13H16Cl2N4/c1-13(2,3)16-7-10-8-17-18-19(10)12-5-4-9(14)6-11(12)15/h4-6,8,16H,7H2,1-3H3. The van der Waals surface area contributed by atoms with Crippen LogP contribution in [0.1, 0.15) is 26.5 Å². The summed E-state index contributed by atoms with van der Waals surface area (Å²) < 4.78 is 1.72. The van der Waals surface area contributed by atoms with Gasteiger partial charge in [-0.05, 0) is 39.0 Å². The maximum atomic E-state index is 6.19. The lowest BCUT2D eigenvalue weighted by Crippen LogP contribution is -2.35. The van der Waals surface area contributed by atoms with Gasteiger partial charge in [0.25, 0.3) is 0 Å². The first-order valence-electron chi connectivity index (χ1n) is 5.97. The van der Waals surface area contributed by atoms with Crippen molar-refractivity contribution in [1.82, 2.24) is 20.3 Å². The van der Waals surface area contributed by atoms with E-state index in [4.69, 9.17) is 23.2 Å². The van der Waals surface area contributed by atoms with E-state index in [0.717, 1.165) is 11.4 Å². The van der Waals surface area contributed by atoms with Crippen LogP contribution in [-0.2, 0) is 6.54 Å². The zero-order chi connectivity index (χ0) is 14.0. The summed E-state index contributed by atoms with van der Waals surface area (Å²) in [6.45, 7) is 6.98. The van der Waals surface area contributed by atoms with Gasteiger partial charge in [0.15, 0.2) is 0 Å². The quantitative estimate of drug-likeness (QED) is 0.943. The van der Waals surface area contributed by atoms with Gasteiger partial charge in [-0.1, -0.05) is 28.4 Å². The average molecular weight is 299 g/mol. The molecular formula is C13H16Cl2N4. The predicted octanol–water partition coefficient (Wildman–Crippen LogP) is 3.46. The minimum Gasteiger partial charge on any atom is -0.306 e. The Kier molecular flexibility index (Phi) is 4.13. The fraction of sp³-hybridized carbons (Fsp3) is 0.385. The van der Waals surface area contributed by atoms with Crippen LogP contribution in [0.2, 0.25) is 10.0 Å². The molecule has 0 unspecified atom stereocenters. The number of aromatic nitrogens is 3. The summed E-state index contributed by atoms with van der Waals surface area (Å²) in [5.74, 6) is 0. The monoisotopic (exact) mass is 298 g/mol. The first-order valence-corrected chi connectivity index (χ1v) is 6.72. The normalized spacial score (nSPS) is 11.8. The Morgan fingerprint density at radius 2 is 2.00 bits per heavy atom. The molecule has 0 spiro atoms. The molecule has 1 aromatic heterocycles. The molecule has 0 amide bonds. The number of halogens is 2. The molecule has 0 aliphatic heterocycles. The zero-order valence-electron chi connectivity index (χ0n) is 11.1. The molecule has 0 aliphatic rings. The SMILES string of the molecule is CC(C)(C)NCc1cnnn1-c1ccc(Cl)cc1Cl. The number of hydrogen-bond donors (Lipinski definition) is 1. The number of rotatable bonds is 3. The average Bonchev–Trinajstić information content (AvgIpc) is 2.73. The summed E-state index contributed by atoms with van der Waals surface area (Å²) in [4.78, 5) is 0. The summed E-state index contributed by atoms with van der Waals surface area (Å²) >= 11 is 12.1. The molecule has 4 nitrogen and oxygen atoms in total. The summed E-state index contributed by atoms with van der Waals surface area (Å²) in [5, 5.41) is 12.6. The molecule has 1 N–H and O–H groups in total. The van der Waals surface area contributed by atoms with E-state index in [1.165, 1.54) is 0 Å². The molecule has 2 rings (SSSR count). The van der Waals surface area contributed by atoms with E-state index in [2.05, 4.69) is 36.4 Å². The Bertz CT molecular complexity index is 572. The highest BCUT2D eigenvalue weighted by Crippen LogP contribution is 2.24. The van der Waals surface area contributed by atoms with E-state index >= 15 is 0 Å². The van der Waals surface area contributed by atoms with Crippen molar-refractivity contribution in [2.75, 3.05) is 0 Å². The lowest BCUT2D eigenvalue weighted by Gasteiger charge is -2.20. The molecule has 6 heteroatoms. The highest BCUT2D eigenvalue weighted by atomic mass is 35.5. The second-order valence-corrected chi connectivity index (χ2v) is 6.18. The Hall–Kier alpha value is -1.10. The molecular weight excluding hydrogens is 283 g/mol. The third kappa shape index (κ3) is 3.69. The van der Waals surface area contributed by atoms with Gasteiger partial charge in [0.1, 0.15) is 0 Å². The van der Waals surface area contributed by atoms with Crippen LogP contribution in [0.25, 0.3) is 5.69 Å². The zero-order valence-corrected chi connectivity index (χ0v) is 12.6. The van der Waals surface area contributed by atoms with Crippen molar-refractivity contribution in [3.05, 3.63) is 40.1 Å². The van der Waals surface area contributed by atoms with Crippen molar-refractivity contribution < 1.29 is 0 Å². The molecule has 0 radical (unpaired) electrons. The van der Waals surface area contributed by atoms with Gasteiger partial charge in [0.05, 0.1) is 22.6 Å². The fourth-order valence-corrected chi connectivity index (χ4v) is 2.08. The molecule has 0 saturated carbocycles. The minimum absolute atomic E-state index is 0.0267. The van der Waals surface area contributed by atoms with Gasteiger partial charge in [-0.2, -0.15) is 0 Å². The van der Waals surface area contributed by atoms with Crippen molar-refractivity contribution in [3.63, 3.8) is 0 Å². The van der Waals surface area contributed by atoms with Crippen molar-refractivity contribution >= 4 is 23.2 Å². The van der Waals surface area contributed by atoms with Gasteiger partial charge < -0.3 is 5.32 Å². The van der Waals surface area contributed by atoms with E-state index in [1.807, 2.05) is 6.07 Å². The largest absolute Gasteiger partial charge is 0.306 e. The Balaban J connectivity index is 2.28. The van der Waals surface area contributed by atoms with Crippen LogP contribution >= 0.6 is 23.2 Å². The van der Waals surface area contributed by atoms with E-state index in [9.17, 15) is 0 Å². The number of hydrogen-bond acceptors (Lipinski definition) is 3. The van der Waals surface area contributed by atoms with Crippen LogP contribution < -0.4 is 5.32 Å².